The number of ketones is 2. The van der Waals surface area contributed by atoms with Gasteiger partial charge >= 0.3 is 47.8 Å². The number of hydrogen-bond acceptors (Lipinski definition) is 8. The Balaban J connectivity index is 0. The molecule has 1 aliphatic heterocycles. The van der Waals surface area contributed by atoms with Crippen LogP contribution in [-0.2, 0) is 26.7 Å². The van der Waals surface area contributed by atoms with E-state index in [0.29, 0.717) is 11.7 Å². The first kappa shape index (κ1) is 39.2. The Morgan fingerprint density at radius 1 is 0.829 bits per heavy atom. The van der Waals surface area contributed by atoms with E-state index in [1.165, 1.54) is 10.0 Å². The SMILES string of the molecule is CN1N=C(c2ncc[n-]2)NN(C)C1=O.O=C(/C=C(\[O-])C(F)(F)F)C(F)(F)F.O=C(/C=C(\[O-])C(F)(F)F)C(F)(F)F.[Mn+3]. The number of aromatic nitrogens is 2. The molecule has 11 nitrogen and oxygen atoms in total. The molecule has 0 aromatic carbocycles. The third-order valence-corrected chi connectivity index (χ3v) is 3.40. The van der Waals surface area contributed by atoms with Crippen LogP contribution >= 0.6 is 0 Å². The third-order valence-electron chi connectivity index (χ3n) is 3.40. The topological polar surface area (TPSA) is 155 Å². The van der Waals surface area contributed by atoms with Crippen LogP contribution in [0.1, 0.15) is 5.82 Å². The first-order valence-corrected chi connectivity index (χ1v) is 9.23. The number of allylic oxidation sites excluding steroid dienone is 4. The number of alkyl halides is 12. The van der Waals surface area contributed by atoms with Gasteiger partial charge in [0.2, 0.25) is 0 Å². The van der Waals surface area contributed by atoms with Crippen LogP contribution in [0, 0.1) is 0 Å². The van der Waals surface area contributed by atoms with Gasteiger partial charge in [-0.1, -0.05) is 12.4 Å². The van der Waals surface area contributed by atoms with Gasteiger partial charge < -0.3 is 20.2 Å². The van der Waals surface area contributed by atoms with Crippen LogP contribution in [0.2, 0.25) is 0 Å². The van der Waals surface area contributed by atoms with E-state index in [-0.39, 0.29) is 23.1 Å². The van der Waals surface area contributed by atoms with Crippen LogP contribution in [0.25, 0.3) is 0 Å². The number of urea groups is 1. The number of amidine groups is 1. The molecule has 1 aromatic rings. The summed E-state index contributed by atoms with van der Waals surface area (Å²) in [6, 6.07) is -0.236. The fourth-order valence-corrected chi connectivity index (χ4v) is 1.66. The number of hydrogen-bond donors (Lipinski definition) is 1. The molecule has 1 aliphatic rings. The van der Waals surface area contributed by atoms with Crippen molar-refractivity contribution in [3.63, 3.8) is 0 Å². The van der Waals surface area contributed by atoms with Crippen LogP contribution in [0.4, 0.5) is 57.5 Å². The van der Waals surface area contributed by atoms with Gasteiger partial charge in [-0.05, 0) is 29.5 Å². The Morgan fingerprint density at radius 2 is 1.22 bits per heavy atom. The summed E-state index contributed by atoms with van der Waals surface area (Å²) in [7, 11) is 3.18. The van der Waals surface area contributed by atoms with Crippen molar-refractivity contribution in [2.24, 2.45) is 5.10 Å². The van der Waals surface area contributed by atoms with Crippen molar-refractivity contribution in [2.75, 3.05) is 14.1 Å². The normalized spacial score (nSPS) is 14.9. The molecule has 2 rings (SSSR count). The molecular weight excluding hydrogens is 651 g/mol. The minimum Gasteiger partial charge on any atom is -0.869 e. The molecule has 0 bridgehead atoms. The molecule has 0 spiro atoms. The van der Waals surface area contributed by atoms with Gasteiger partial charge in [-0.3, -0.25) is 15.0 Å². The van der Waals surface area contributed by atoms with E-state index in [0.717, 1.165) is 0 Å². The number of nitrogens with zero attached hydrogens (tertiary/aromatic N) is 5. The summed E-state index contributed by atoms with van der Waals surface area (Å²) in [5.74, 6) is -10.4. The summed E-state index contributed by atoms with van der Waals surface area (Å²) < 4.78 is 136. The second-order valence-electron chi connectivity index (χ2n) is 6.54. The summed E-state index contributed by atoms with van der Waals surface area (Å²) in [4.78, 5) is 38.9. The number of amides is 2. The Hall–Kier alpha value is -3.95. The van der Waals surface area contributed by atoms with Gasteiger partial charge in [0.15, 0.2) is 5.84 Å². The Kier molecular flexibility index (Phi) is 14.0. The smallest absolute Gasteiger partial charge is 0.869 e. The second kappa shape index (κ2) is 14.6. The number of rotatable bonds is 3. The van der Waals surface area contributed by atoms with Gasteiger partial charge in [-0.2, -0.15) is 52.7 Å². The van der Waals surface area contributed by atoms with Gasteiger partial charge in [-0.15, -0.1) is 5.10 Å². The predicted molar refractivity (Wildman–Crippen MR) is 98.6 cm³/mol. The van der Waals surface area contributed by atoms with Crippen LogP contribution < -0.4 is 20.6 Å². The van der Waals surface area contributed by atoms with Crippen molar-refractivity contribution in [3.8, 4) is 0 Å². The second-order valence-corrected chi connectivity index (χ2v) is 6.54. The Bertz CT molecular complexity index is 1090. The summed E-state index contributed by atoms with van der Waals surface area (Å²) >= 11 is 0. The molecule has 0 aliphatic carbocycles. The first-order valence-electron chi connectivity index (χ1n) is 9.23. The molecular formula is C17H11F12MnN6O5. The fraction of sp³-hybridized carbons (Fsp3) is 0.353. The minimum absolute atomic E-state index is 0. The third kappa shape index (κ3) is 13.8. The van der Waals surface area contributed by atoms with Crippen molar-refractivity contribution >= 4 is 23.4 Å². The number of carbonyl (C=O) groups excluding carboxylic acids is 3. The number of hydrazine groups is 1. The zero-order valence-corrected chi connectivity index (χ0v) is 20.7. The van der Waals surface area contributed by atoms with E-state index >= 15 is 0 Å². The number of halogens is 12. The van der Waals surface area contributed by atoms with E-state index in [4.69, 9.17) is 0 Å². The number of imidazole rings is 1. The van der Waals surface area contributed by atoms with Crippen molar-refractivity contribution in [1.82, 2.24) is 25.4 Å². The fourth-order valence-electron chi connectivity index (χ4n) is 1.66. The molecule has 0 saturated carbocycles. The molecule has 24 heteroatoms. The molecule has 0 saturated heterocycles. The van der Waals surface area contributed by atoms with E-state index in [1.807, 2.05) is 0 Å². The Morgan fingerprint density at radius 3 is 1.49 bits per heavy atom. The average molecular weight is 662 g/mol. The summed E-state index contributed by atoms with van der Waals surface area (Å²) in [5, 5.41) is 26.2. The van der Waals surface area contributed by atoms with Gasteiger partial charge in [0, 0.05) is 14.1 Å². The molecule has 41 heavy (non-hydrogen) atoms. The summed E-state index contributed by atoms with van der Waals surface area (Å²) in [6.45, 7) is 0. The average Bonchev–Trinajstić information content (AvgIpc) is 3.30. The standard InChI is InChI=1S/C7H9N6O.2C5H2F6O2.Mn/c1-12-7(14)13(2)11-6(10-12)5-8-3-4-9-5;2*6-4(7,8)2(12)1-3(13)5(9,10)11;/h3-4H,1-2H3,(H-,8,9,10,11);2*1,12H;/q-1;;;+3/p-2/b;2*2-1-;. The van der Waals surface area contributed by atoms with Crippen molar-refractivity contribution < 1.29 is 94.4 Å². The quantitative estimate of drug-likeness (QED) is 0.218. The number of hydrazone groups is 1. The monoisotopic (exact) mass is 662 g/mol. The molecule has 230 valence electrons. The van der Waals surface area contributed by atoms with Crippen LogP contribution in [0.5, 0.6) is 0 Å². The van der Waals surface area contributed by atoms with Crippen LogP contribution in [0.15, 0.2) is 41.2 Å². The summed E-state index contributed by atoms with van der Waals surface area (Å²) in [6.07, 6.45) is -20.8. The maximum atomic E-state index is 11.3. The molecule has 0 atom stereocenters. The minimum atomic E-state index is -5.46. The van der Waals surface area contributed by atoms with E-state index in [9.17, 15) is 77.3 Å². The van der Waals surface area contributed by atoms with Gasteiger partial charge in [0.1, 0.15) is 0 Å². The summed E-state index contributed by atoms with van der Waals surface area (Å²) in [5.41, 5.74) is 2.77. The molecule has 1 aromatic heterocycles. The molecule has 0 fully saturated rings. The van der Waals surface area contributed by atoms with Gasteiger partial charge in [0.05, 0.1) is 0 Å². The van der Waals surface area contributed by atoms with E-state index in [1.54, 1.807) is 26.5 Å². The maximum absolute atomic E-state index is 11.3. The zero-order valence-electron chi connectivity index (χ0n) is 19.5. The molecule has 0 unspecified atom stereocenters. The molecule has 1 N–H and O–H groups in total. The molecule has 2 heterocycles. The zero-order chi connectivity index (χ0) is 31.9. The van der Waals surface area contributed by atoms with Gasteiger partial charge in [-0.25, -0.2) is 14.8 Å². The first-order chi connectivity index (χ1) is 17.8. The van der Waals surface area contributed by atoms with Crippen molar-refractivity contribution in [1.29, 1.82) is 0 Å². The van der Waals surface area contributed by atoms with E-state index in [2.05, 4.69) is 20.5 Å². The van der Waals surface area contributed by atoms with Crippen LogP contribution in [-0.4, -0.2) is 77.2 Å². The Labute approximate surface area is 229 Å². The van der Waals surface area contributed by atoms with Crippen molar-refractivity contribution in [2.45, 2.75) is 24.7 Å². The van der Waals surface area contributed by atoms with Gasteiger partial charge in [0.25, 0.3) is 11.6 Å². The number of carbonyl (C=O) groups is 3. The predicted octanol–water partition coefficient (Wildman–Crippen LogP) is 1.05. The maximum Gasteiger partial charge on any atom is 3.00 e. The van der Waals surface area contributed by atoms with Crippen molar-refractivity contribution in [3.05, 3.63) is 41.9 Å². The van der Waals surface area contributed by atoms with E-state index < -0.39 is 59.9 Å². The number of nitrogens with one attached hydrogen (secondary N) is 1. The molecule has 0 radical (unpaired) electrons. The largest absolute Gasteiger partial charge is 3.00 e. The van der Waals surface area contributed by atoms with Crippen LogP contribution in [0.3, 0.4) is 0 Å². The molecule has 2 amide bonds.